The number of nitrogens with zero attached hydrogens (tertiary/aromatic N) is 2. The fourth-order valence-electron chi connectivity index (χ4n) is 1.54. The first-order valence-corrected chi connectivity index (χ1v) is 5.87. The van der Waals surface area contributed by atoms with Crippen LogP contribution in [-0.4, -0.2) is 17.0 Å². The van der Waals surface area contributed by atoms with E-state index in [9.17, 15) is 0 Å². The van der Waals surface area contributed by atoms with E-state index in [0.29, 0.717) is 23.3 Å². The van der Waals surface area contributed by atoms with Gasteiger partial charge in [0.15, 0.2) is 0 Å². The average molecular weight is 264 g/mol. The SMILES string of the molecule is CNc1nc(Nc2ccccc2CN)ncc1Cl. The molecule has 0 unspecified atom stereocenters. The summed E-state index contributed by atoms with van der Waals surface area (Å²) in [6.45, 7) is 0.454. The summed E-state index contributed by atoms with van der Waals surface area (Å²) in [5.74, 6) is 1.06. The van der Waals surface area contributed by atoms with Gasteiger partial charge in [-0.3, -0.25) is 0 Å². The molecule has 0 radical (unpaired) electrons. The largest absolute Gasteiger partial charge is 0.372 e. The number of rotatable bonds is 4. The molecule has 1 aromatic carbocycles. The molecular weight excluding hydrogens is 250 g/mol. The molecule has 0 aliphatic rings. The van der Waals surface area contributed by atoms with Gasteiger partial charge in [-0.15, -0.1) is 0 Å². The second-order valence-electron chi connectivity index (χ2n) is 3.63. The van der Waals surface area contributed by atoms with Crippen LogP contribution in [0.4, 0.5) is 17.5 Å². The van der Waals surface area contributed by atoms with Gasteiger partial charge in [0.1, 0.15) is 10.8 Å². The molecule has 6 heteroatoms. The molecular formula is C12H14ClN5. The Bertz CT molecular complexity index is 544. The molecule has 18 heavy (non-hydrogen) atoms. The highest BCUT2D eigenvalue weighted by molar-refractivity contribution is 6.32. The van der Waals surface area contributed by atoms with Crippen molar-refractivity contribution in [3.63, 3.8) is 0 Å². The quantitative estimate of drug-likeness (QED) is 0.790. The predicted octanol–water partition coefficient (Wildman–Crippen LogP) is 2.37. The molecule has 1 aromatic heterocycles. The number of halogens is 1. The minimum atomic E-state index is 0.454. The average Bonchev–Trinajstić information content (AvgIpc) is 2.41. The maximum absolute atomic E-state index is 5.92. The summed E-state index contributed by atoms with van der Waals surface area (Å²) in [7, 11) is 1.76. The molecule has 2 aromatic rings. The Labute approximate surface area is 110 Å². The van der Waals surface area contributed by atoms with E-state index in [0.717, 1.165) is 11.3 Å². The molecule has 1 heterocycles. The van der Waals surface area contributed by atoms with Crippen LogP contribution in [0.2, 0.25) is 5.02 Å². The number of nitrogens with one attached hydrogen (secondary N) is 2. The van der Waals surface area contributed by atoms with Crippen molar-refractivity contribution in [2.75, 3.05) is 17.7 Å². The molecule has 0 saturated carbocycles. The number of nitrogens with two attached hydrogens (primary N) is 1. The topological polar surface area (TPSA) is 75.9 Å². The van der Waals surface area contributed by atoms with Crippen LogP contribution in [0.5, 0.6) is 0 Å². The predicted molar refractivity (Wildman–Crippen MR) is 74.2 cm³/mol. The van der Waals surface area contributed by atoms with E-state index in [4.69, 9.17) is 17.3 Å². The van der Waals surface area contributed by atoms with Crippen LogP contribution in [0.1, 0.15) is 5.56 Å². The molecule has 0 saturated heterocycles. The molecule has 4 N–H and O–H groups in total. The normalized spacial score (nSPS) is 10.2. The smallest absolute Gasteiger partial charge is 0.229 e. The standard InChI is InChI=1S/C12H14ClN5/c1-15-11-9(13)7-16-12(18-11)17-10-5-3-2-4-8(10)6-14/h2-5,7H,6,14H2,1H3,(H2,15,16,17,18). The van der Waals surface area contributed by atoms with Crippen molar-refractivity contribution in [2.45, 2.75) is 6.54 Å². The number of hydrogen-bond donors (Lipinski definition) is 3. The first-order valence-electron chi connectivity index (χ1n) is 5.50. The minimum absolute atomic E-state index is 0.454. The van der Waals surface area contributed by atoms with E-state index >= 15 is 0 Å². The molecule has 5 nitrogen and oxygen atoms in total. The minimum Gasteiger partial charge on any atom is -0.372 e. The molecule has 0 bridgehead atoms. The maximum atomic E-state index is 5.92. The van der Waals surface area contributed by atoms with E-state index in [1.54, 1.807) is 13.2 Å². The van der Waals surface area contributed by atoms with Crippen molar-refractivity contribution in [1.82, 2.24) is 9.97 Å². The Morgan fingerprint density at radius 2 is 2.11 bits per heavy atom. The van der Waals surface area contributed by atoms with Crippen molar-refractivity contribution < 1.29 is 0 Å². The lowest BCUT2D eigenvalue weighted by Crippen LogP contribution is -2.05. The highest BCUT2D eigenvalue weighted by Crippen LogP contribution is 2.22. The van der Waals surface area contributed by atoms with Gasteiger partial charge in [-0.05, 0) is 11.6 Å². The number of aromatic nitrogens is 2. The summed E-state index contributed by atoms with van der Waals surface area (Å²) >= 11 is 5.92. The molecule has 0 aliphatic carbocycles. The fourth-order valence-corrected chi connectivity index (χ4v) is 1.73. The zero-order valence-electron chi connectivity index (χ0n) is 9.94. The van der Waals surface area contributed by atoms with E-state index < -0.39 is 0 Å². The second-order valence-corrected chi connectivity index (χ2v) is 4.03. The molecule has 0 atom stereocenters. The Morgan fingerprint density at radius 1 is 1.33 bits per heavy atom. The Hall–Kier alpha value is -1.85. The van der Waals surface area contributed by atoms with Crippen LogP contribution in [0.15, 0.2) is 30.5 Å². The summed E-state index contributed by atoms with van der Waals surface area (Å²) in [6.07, 6.45) is 1.55. The van der Waals surface area contributed by atoms with Gasteiger partial charge in [0, 0.05) is 19.3 Å². The summed E-state index contributed by atoms with van der Waals surface area (Å²) < 4.78 is 0. The molecule has 0 aliphatic heterocycles. The molecule has 2 rings (SSSR count). The Balaban J connectivity index is 2.28. The lowest BCUT2D eigenvalue weighted by atomic mass is 10.2. The first-order chi connectivity index (χ1) is 8.74. The lowest BCUT2D eigenvalue weighted by Gasteiger charge is -2.10. The van der Waals surface area contributed by atoms with E-state index in [-0.39, 0.29) is 0 Å². The molecule has 0 fully saturated rings. The van der Waals surface area contributed by atoms with Gasteiger partial charge in [-0.1, -0.05) is 29.8 Å². The summed E-state index contributed by atoms with van der Waals surface area (Å²) in [4.78, 5) is 8.38. The third kappa shape index (κ3) is 2.69. The molecule has 94 valence electrons. The van der Waals surface area contributed by atoms with Gasteiger partial charge in [-0.2, -0.15) is 4.98 Å². The third-order valence-corrected chi connectivity index (χ3v) is 2.74. The van der Waals surface area contributed by atoms with Crippen LogP contribution in [0.3, 0.4) is 0 Å². The van der Waals surface area contributed by atoms with Crippen LogP contribution < -0.4 is 16.4 Å². The molecule has 0 spiro atoms. The van der Waals surface area contributed by atoms with Crippen LogP contribution in [0.25, 0.3) is 0 Å². The second kappa shape index (κ2) is 5.66. The summed E-state index contributed by atoms with van der Waals surface area (Å²) in [6, 6.07) is 7.75. The van der Waals surface area contributed by atoms with E-state index in [1.807, 2.05) is 24.3 Å². The van der Waals surface area contributed by atoms with E-state index in [2.05, 4.69) is 20.6 Å². The van der Waals surface area contributed by atoms with Crippen LogP contribution in [-0.2, 0) is 6.54 Å². The highest BCUT2D eigenvalue weighted by atomic mass is 35.5. The van der Waals surface area contributed by atoms with E-state index in [1.165, 1.54) is 0 Å². The summed E-state index contributed by atoms with van der Waals surface area (Å²) in [5.41, 5.74) is 7.57. The monoisotopic (exact) mass is 263 g/mol. The van der Waals surface area contributed by atoms with Gasteiger partial charge >= 0.3 is 0 Å². The van der Waals surface area contributed by atoms with Gasteiger partial charge in [0.05, 0.1) is 6.20 Å². The number of hydrogen-bond acceptors (Lipinski definition) is 5. The van der Waals surface area contributed by atoms with Crippen molar-refractivity contribution in [3.8, 4) is 0 Å². The fraction of sp³-hybridized carbons (Fsp3) is 0.167. The van der Waals surface area contributed by atoms with Gasteiger partial charge in [-0.25, -0.2) is 4.98 Å². The summed E-state index contributed by atoms with van der Waals surface area (Å²) in [5, 5.41) is 6.51. The van der Waals surface area contributed by atoms with Crippen molar-refractivity contribution >= 4 is 29.1 Å². The number of para-hydroxylation sites is 1. The number of anilines is 3. The van der Waals surface area contributed by atoms with Crippen LogP contribution >= 0.6 is 11.6 Å². The Kier molecular flexibility index (Phi) is 3.96. The number of benzene rings is 1. The van der Waals surface area contributed by atoms with Gasteiger partial charge < -0.3 is 16.4 Å². The van der Waals surface area contributed by atoms with Gasteiger partial charge in [0.25, 0.3) is 0 Å². The maximum Gasteiger partial charge on any atom is 0.229 e. The van der Waals surface area contributed by atoms with Crippen molar-refractivity contribution in [2.24, 2.45) is 5.73 Å². The first kappa shape index (κ1) is 12.6. The Morgan fingerprint density at radius 3 is 2.83 bits per heavy atom. The van der Waals surface area contributed by atoms with Gasteiger partial charge in [0.2, 0.25) is 5.95 Å². The highest BCUT2D eigenvalue weighted by Gasteiger charge is 2.05. The van der Waals surface area contributed by atoms with Crippen LogP contribution in [0, 0.1) is 0 Å². The lowest BCUT2D eigenvalue weighted by molar-refractivity contribution is 1.07. The zero-order valence-corrected chi connectivity index (χ0v) is 10.7. The van der Waals surface area contributed by atoms with Crippen molar-refractivity contribution in [3.05, 3.63) is 41.0 Å². The third-order valence-electron chi connectivity index (χ3n) is 2.46. The van der Waals surface area contributed by atoms with Crippen molar-refractivity contribution in [1.29, 1.82) is 0 Å². The molecule has 0 amide bonds. The zero-order chi connectivity index (χ0) is 13.0.